The number of rotatable bonds is 12. The van der Waals surface area contributed by atoms with Crippen molar-refractivity contribution < 1.29 is 0 Å². The van der Waals surface area contributed by atoms with Gasteiger partial charge in [0, 0.05) is 12.4 Å². The van der Waals surface area contributed by atoms with Crippen LogP contribution in [-0.2, 0) is 0 Å². The van der Waals surface area contributed by atoms with E-state index in [9.17, 15) is 0 Å². The fourth-order valence-electron chi connectivity index (χ4n) is 2.54. The van der Waals surface area contributed by atoms with Gasteiger partial charge in [-0.3, -0.25) is 0 Å². The molecule has 1 rings (SSSR count). The molecule has 114 valence electrons. The van der Waals surface area contributed by atoms with Gasteiger partial charge in [0.15, 0.2) is 0 Å². The highest BCUT2D eigenvalue weighted by molar-refractivity contribution is 4.95. The molecule has 20 heavy (non-hydrogen) atoms. The Bertz CT molecular complexity index is 313. The Hall–Kier alpha value is -0.960. The van der Waals surface area contributed by atoms with Crippen molar-refractivity contribution in [1.82, 2.24) is 15.3 Å². The third-order valence-electron chi connectivity index (χ3n) is 3.69. The lowest BCUT2D eigenvalue weighted by atomic mass is 10.0. The van der Waals surface area contributed by atoms with Crippen LogP contribution in [0.5, 0.6) is 0 Å². The van der Waals surface area contributed by atoms with Gasteiger partial charge in [-0.2, -0.15) is 0 Å². The summed E-state index contributed by atoms with van der Waals surface area (Å²) in [5, 5.41) is 3.49. The van der Waals surface area contributed by atoms with Crippen LogP contribution < -0.4 is 5.32 Å². The van der Waals surface area contributed by atoms with E-state index in [0.717, 1.165) is 18.8 Å². The molecule has 1 unspecified atom stereocenters. The predicted octanol–water partition coefficient (Wildman–Crippen LogP) is 4.66. The number of hydrogen-bond donors (Lipinski definition) is 1. The van der Waals surface area contributed by atoms with E-state index >= 15 is 0 Å². The van der Waals surface area contributed by atoms with Crippen LogP contribution in [-0.4, -0.2) is 16.5 Å². The van der Waals surface area contributed by atoms with Crippen LogP contribution in [0, 0.1) is 0 Å². The molecular weight excluding hydrogens is 246 g/mol. The maximum Gasteiger partial charge on any atom is 0.145 e. The summed E-state index contributed by atoms with van der Waals surface area (Å²) in [7, 11) is 0. The molecule has 0 spiro atoms. The van der Waals surface area contributed by atoms with Crippen molar-refractivity contribution in [2.75, 3.05) is 6.54 Å². The summed E-state index contributed by atoms with van der Waals surface area (Å²) < 4.78 is 0. The summed E-state index contributed by atoms with van der Waals surface area (Å²) >= 11 is 0. The molecule has 0 saturated carbocycles. The number of nitrogens with zero attached hydrogens (tertiary/aromatic N) is 2. The number of nitrogens with one attached hydrogen (secondary N) is 1. The highest BCUT2D eigenvalue weighted by Gasteiger charge is 2.11. The third-order valence-corrected chi connectivity index (χ3v) is 3.69. The first-order chi connectivity index (χ1) is 9.88. The minimum absolute atomic E-state index is 0.321. The minimum Gasteiger partial charge on any atom is -0.308 e. The molecule has 0 aliphatic carbocycles. The van der Waals surface area contributed by atoms with Crippen LogP contribution in [0.2, 0.25) is 0 Å². The number of hydrogen-bond acceptors (Lipinski definition) is 3. The Balaban J connectivity index is 2.14. The Morgan fingerprint density at radius 1 is 0.900 bits per heavy atom. The maximum atomic E-state index is 4.37. The molecule has 3 heteroatoms. The molecule has 0 aromatic carbocycles. The van der Waals surface area contributed by atoms with Crippen molar-refractivity contribution in [3.63, 3.8) is 0 Å². The lowest BCUT2D eigenvalue weighted by Crippen LogP contribution is -2.22. The van der Waals surface area contributed by atoms with Gasteiger partial charge in [-0.25, -0.2) is 9.97 Å². The smallest absolute Gasteiger partial charge is 0.145 e. The fraction of sp³-hybridized carbons (Fsp3) is 0.765. The summed E-state index contributed by atoms with van der Waals surface area (Å²) in [4.78, 5) is 8.75. The Morgan fingerprint density at radius 2 is 1.50 bits per heavy atom. The van der Waals surface area contributed by atoms with Crippen LogP contribution in [0.3, 0.4) is 0 Å². The molecule has 3 nitrogen and oxygen atoms in total. The van der Waals surface area contributed by atoms with Crippen LogP contribution in [0.15, 0.2) is 18.5 Å². The Morgan fingerprint density at radius 3 is 2.10 bits per heavy atom. The second kappa shape index (κ2) is 11.8. The van der Waals surface area contributed by atoms with Gasteiger partial charge in [0.1, 0.15) is 5.82 Å². The van der Waals surface area contributed by atoms with E-state index < -0.39 is 0 Å². The van der Waals surface area contributed by atoms with E-state index in [2.05, 4.69) is 29.1 Å². The first-order valence-electron chi connectivity index (χ1n) is 8.38. The van der Waals surface area contributed by atoms with Crippen LogP contribution in [0.1, 0.15) is 83.5 Å². The average molecular weight is 277 g/mol. The zero-order chi connectivity index (χ0) is 14.5. The summed E-state index contributed by atoms with van der Waals surface area (Å²) in [6, 6.07) is 2.20. The van der Waals surface area contributed by atoms with E-state index in [1.165, 1.54) is 51.4 Å². The third kappa shape index (κ3) is 7.59. The number of aromatic nitrogens is 2. The Labute approximate surface area is 124 Å². The van der Waals surface area contributed by atoms with E-state index in [-0.39, 0.29) is 0 Å². The van der Waals surface area contributed by atoms with E-state index in [1.54, 1.807) is 0 Å². The van der Waals surface area contributed by atoms with Gasteiger partial charge >= 0.3 is 0 Å². The van der Waals surface area contributed by atoms with E-state index in [0.29, 0.717) is 6.04 Å². The van der Waals surface area contributed by atoms with Crippen LogP contribution in [0.4, 0.5) is 0 Å². The molecule has 0 bridgehead atoms. The zero-order valence-corrected chi connectivity index (χ0v) is 13.3. The standard InChI is InChI=1S/C17H31N3/c1-3-5-6-7-8-9-10-11-13-16(18-4-2)17-19-14-12-15-20-17/h12,14-16,18H,3-11,13H2,1-2H3. The lowest BCUT2D eigenvalue weighted by Gasteiger charge is -2.16. The SMILES string of the molecule is CCCCCCCCCCC(NCC)c1ncccn1. The van der Waals surface area contributed by atoms with Gasteiger partial charge < -0.3 is 5.32 Å². The molecule has 1 heterocycles. The highest BCUT2D eigenvalue weighted by atomic mass is 15.0. The lowest BCUT2D eigenvalue weighted by molar-refractivity contribution is 0.457. The second-order valence-electron chi connectivity index (χ2n) is 5.48. The molecule has 0 amide bonds. The summed E-state index contributed by atoms with van der Waals surface area (Å²) in [5.74, 6) is 0.942. The van der Waals surface area contributed by atoms with Gasteiger partial charge in [-0.15, -0.1) is 0 Å². The quantitative estimate of drug-likeness (QED) is 0.565. The largest absolute Gasteiger partial charge is 0.308 e. The molecule has 1 N–H and O–H groups in total. The van der Waals surface area contributed by atoms with Crippen molar-refractivity contribution >= 4 is 0 Å². The predicted molar refractivity (Wildman–Crippen MR) is 85.7 cm³/mol. The number of unbranched alkanes of at least 4 members (excludes halogenated alkanes) is 7. The molecular formula is C17H31N3. The highest BCUT2D eigenvalue weighted by Crippen LogP contribution is 2.17. The minimum atomic E-state index is 0.321. The molecule has 0 saturated heterocycles. The van der Waals surface area contributed by atoms with Gasteiger partial charge in [-0.1, -0.05) is 65.2 Å². The topological polar surface area (TPSA) is 37.8 Å². The van der Waals surface area contributed by atoms with Crippen molar-refractivity contribution in [3.05, 3.63) is 24.3 Å². The van der Waals surface area contributed by atoms with Gasteiger partial charge in [0.25, 0.3) is 0 Å². The zero-order valence-electron chi connectivity index (χ0n) is 13.3. The van der Waals surface area contributed by atoms with Gasteiger partial charge in [0.2, 0.25) is 0 Å². The first-order valence-corrected chi connectivity index (χ1v) is 8.38. The fourth-order valence-corrected chi connectivity index (χ4v) is 2.54. The molecule has 0 aliphatic heterocycles. The average Bonchev–Trinajstić information content (AvgIpc) is 2.50. The second-order valence-corrected chi connectivity index (χ2v) is 5.48. The van der Waals surface area contributed by atoms with Crippen LogP contribution in [0.25, 0.3) is 0 Å². The summed E-state index contributed by atoms with van der Waals surface area (Å²) in [5.41, 5.74) is 0. The first kappa shape index (κ1) is 17.1. The summed E-state index contributed by atoms with van der Waals surface area (Å²) in [6.07, 6.45) is 15.7. The monoisotopic (exact) mass is 277 g/mol. The molecule has 0 aliphatic rings. The van der Waals surface area contributed by atoms with Crippen molar-refractivity contribution in [3.8, 4) is 0 Å². The van der Waals surface area contributed by atoms with Crippen LogP contribution >= 0.6 is 0 Å². The van der Waals surface area contributed by atoms with Gasteiger partial charge in [0.05, 0.1) is 6.04 Å². The molecule has 1 atom stereocenters. The van der Waals surface area contributed by atoms with Crippen molar-refractivity contribution in [2.24, 2.45) is 0 Å². The normalized spacial score (nSPS) is 12.5. The van der Waals surface area contributed by atoms with Gasteiger partial charge in [-0.05, 0) is 19.0 Å². The maximum absolute atomic E-state index is 4.37. The summed E-state index contributed by atoms with van der Waals surface area (Å²) in [6.45, 7) is 5.39. The Kier molecular flexibility index (Phi) is 10.1. The molecule has 1 aromatic heterocycles. The van der Waals surface area contributed by atoms with E-state index in [1.807, 2.05) is 18.5 Å². The molecule has 0 radical (unpaired) electrons. The van der Waals surface area contributed by atoms with E-state index in [4.69, 9.17) is 0 Å². The van der Waals surface area contributed by atoms with Crippen molar-refractivity contribution in [2.45, 2.75) is 77.7 Å². The van der Waals surface area contributed by atoms with Crippen molar-refractivity contribution in [1.29, 1.82) is 0 Å². The molecule has 0 fully saturated rings. The molecule has 1 aromatic rings.